The molecule has 112 valence electrons. The molecule has 0 bridgehead atoms. The summed E-state index contributed by atoms with van der Waals surface area (Å²) in [6.45, 7) is 3.73. The lowest BCUT2D eigenvalue weighted by Crippen LogP contribution is -2.13. The Morgan fingerprint density at radius 3 is 2.50 bits per heavy atom. The van der Waals surface area contributed by atoms with Gasteiger partial charge in [-0.15, -0.1) is 0 Å². The van der Waals surface area contributed by atoms with E-state index in [0.29, 0.717) is 5.56 Å². The number of nitrogens with two attached hydrogens (primary N) is 1. The molecule has 2 aromatic carbocycles. The summed E-state index contributed by atoms with van der Waals surface area (Å²) in [7, 11) is 0. The molecule has 3 N–H and O–H groups in total. The number of carbonyl (C=O) groups is 1. The molecule has 0 saturated heterocycles. The van der Waals surface area contributed by atoms with Crippen LogP contribution in [0.1, 0.15) is 21.5 Å². The topological polar surface area (TPSA) is 84.9 Å². The van der Waals surface area contributed by atoms with Crippen molar-refractivity contribution in [3.8, 4) is 0 Å². The van der Waals surface area contributed by atoms with Crippen LogP contribution in [0.25, 0.3) is 5.70 Å². The van der Waals surface area contributed by atoms with Crippen LogP contribution in [0.15, 0.2) is 60.1 Å². The van der Waals surface area contributed by atoms with E-state index in [1.807, 2.05) is 0 Å². The molecule has 22 heavy (non-hydrogen) atoms. The third-order valence-corrected chi connectivity index (χ3v) is 2.90. The Balaban J connectivity index is 2.38. The zero-order valence-electron chi connectivity index (χ0n) is 11.5. The van der Waals surface area contributed by atoms with Gasteiger partial charge in [-0.05, 0) is 24.3 Å². The number of aromatic carboxylic acids is 1. The SMILES string of the molecule is C=C(/N=C(\ON)c1ccccc1F)c1cccc(C(=O)O)c1. The van der Waals surface area contributed by atoms with Crippen LogP contribution in [-0.2, 0) is 4.84 Å². The molecule has 2 aromatic rings. The molecular formula is C16H13FN2O3. The molecule has 0 aromatic heterocycles. The number of hydrogen-bond acceptors (Lipinski definition) is 4. The Hall–Kier alpha value is -2.99. The van der Waals surface area contributed by atoms with Crippen LogP contribution in [-0.4, -0.2) is 17.0 Å². The largest absolute Gasteiger partial charge is 0.478 e. The lowest BCUT2D eigenvalue weighted by atomic mass is 10.1. The van der Waals surface area contributed by atoms with Crippen molar-refractivity contribution < 1.29 is 19.1 Å². The zero-order chi connectivity index (χ0) is 16.1. The minimum atomic E-state index is -1.07. The van der Waals surface area contributed by atoms with E-state index in [1.54, 1.807) is 18.2 Å². The van der Waals surface area contributed by atoms with Crippen LogP contribution in [0.5, 0.6) is 0 Å². The first-order valence-electron chi connectivity index (χ1n) is 6.26. The first kappa shape index (κ1) is 15.4. The summed E-state index contributed by atoms with van der Waals surface area (Å²) in [4.78, 5) is 19.6. The average molecular weight is 300 g/mol. The van der Waals surface area contributed by atoms with Crippen molar-refractivity contribution in [2.45, 2.75) is 0 Å². The van der Waals surface area contributed by atoms with Crippen molar-refractivity contribution in [2.75, 3.05) is 0 Å². The Bertz CT molecular complexity index is 757. The zero-order valence-corrected chi connectivity index (χ0v) is 11.5. The van der Waals surface area contributed by atoms with Gasteiger partial charge in [0.15, 0.2) is 0 Å². The quantitative estimate of drug-likeness (QED) is 0.516. The summed E-state index contributed by atoms with van der Waals surface area (Å²) in [5, 5.41) is 8.97. The molecule has 0 aliphatic heterocycles. The summed E-state index contributed by atoms with van der Waals surface area (Å²) in [5.74, 6) is 3.39. The fraction of sp³-hybridized carbons (Fsp3) is 0. The highest BCUT2D eigenvalue weighted by atomic mass is 19.1. The van der Waals surface area contributed by atoms with Gasteiger partial charge < -0.3 is 9.94 Å². The smallest absolute Gasteiger partial charge is 0.335 e. The number of hydrogen-bond donors (Lipinski definition) is 2. The minimum Gasteiger partial charge on any atom is -0.478 e. The molecule has 0 heterocycles. The van der Waals surface area contributed by atoms with E-state index in [-0.39, 0.29) is 22.7 Å². The third-order valence-electron chi connectivity index (χ3n) is 2.90. The molecule has 0 radical (unpaired) electrons. The summed E-state index contributed by atoms with van der Waals surface area (Å²) in [6, 6.07) is 11.9. The first-order valence-corrected chi connectivity index (χ1v) is 6.26. The molecule has 0 saturated carbocycles. The standard InChI is InChI=1S/C16H13FN2O3/c1-10(11-5-4-6-12(9-11)16(20)21)19-15(22-18)13-7-2-3-8-14(13)17/h2-9H,1,18H2,(H,20,21)/b19-15-. The Morgan fingerprint density at radius 2 is 1.86 bits per heavy atom. The predicted molar refractivity (Wildman–Crippen MR) is 80.6 cm³/mol. The van der Waals surface area contributed by atoms with Gasteiger partial charge in [0.2, 0.25) is 5.90 Å². The van der Waals surface area contributed by atoms with Crippen LogP contribution < -0.4 is 5.90 Å². The van der Waals surface area contributed by atoms with Crippen molar-refractivity contribution in [1.82, 2.24) is 0 Å². The van der Waals surface area contributed by atoms with E-state index < -0.39 is 11.8 Å². The van der Waals surface area contributed by atoms with Crippen LogP contribution in [0, 0.1) is 5.82 Å². The third kappa shape index (κ3) is 3.36. The van der Waals surface area contributed by atoms with Gasteiger partial charge in [0.1, 0.15) is 5.82 Å². The summed E-state index contributed by atoms with van der Waals surface area (Å²) in [5.41, 5.74) is 0.841. The number of benzene rings is 2. The van der Waals surface area contributed by atoms with E-state index in [2.05, 4.69) is 16.4 Å². The maximum absolute atomic E-state index is 13.7. The second kappa shape index (κ2) is 6.64. The molecule has 0 unspecified atom stereocenters. The molecule has 0 fully saturated rings. The second-order valence-corrected chi connectivity index (χ2v) is 4.35. The van der Waals surface area contributed by atoms with E-state index >= 15 is 0 Å². The molecule has 0 aliphatic carbocycles. The highest BCUT2D eigenvalue weighted by Gasteiger charge is 2.12. The first-order chi connectivity index (χ1) is 10.5. The second-order valence-electron chi connectivity index (χ2n) is 4.35. The Kier molecular flexibility index (Phi) is 4.65. The molecular weight excluding hydrogens is 287 g/mol. The number of halogens is 1. The summed E-state index contributed by atoms with van der Waals surface area (Å²) >= 11 is 0. The van der Waals surface area contributed by atoms with E-state index in [0.717, 1.165) is 0 Å². The summed E-state index contributed by atoms with van der Waals surface area (Å²) < 4.78 is 13.7. The predicted octanol–water partition coefficient (Wildman–Crippen LogP) is 2.83. The lowest BCUT2D eigenvalue weighted by molar-refractivity contribution is 0.0697. The van der Waals surface area contributed by atoms with Gasteiger partial charge >= 0.3 is 5.97 Å². The molecule has 5 nitrogen and oxygen atoms in total. The number of aliphatic imine (C=N–C) groups is 1. The Morgan fingerprint density at radius 1 is 1.18 bits per heavy atom. The molecule has 6 heteroatoms. The number of carboxylic acid groups (broad SMARTS) is 1. The fourth-order valence-corrected chi connectivity index (χ4v) is 1.80. The van der Waals surface area contributed by atoms with Gasteiger partial charge in [0.25, 0.3) is 0 Å². The van der Waals surface area contributed by atoms with Crippen molar-refractivity contribution in [3.05, 3.63) is 77.6 Å². The monoisotopic (exact) mass is 300 g/mol. The highest BCUT2D eigenvalue weighted by molar-refractivity contribution is 5.97. The molecule has 0 atom stereocenters. The Labute approximate surface area is 126 Å². The highest BCUT2D eigenvalue weighted by Crippen LogP contribution is 2.18. The molecule has 0 aliphatic rings. The normalized spacial score (nSPS) is 11.1. The fourth-order valence-electron chi connectivity index (χ4n) is 1.80. The van der Waals surface area contributed by atoms with Gasteiger partial charge in [-0.3, -0.25) is 0 Å². The average Bonchev–Trinajstić information content (AvgIpc) is 2.53. The van der Waals surface area contributed by atoms with Gasteiger partial charge in [0, 0.05) is 5.56 Å². The summed E-state index contributed by atoms with van der Waals surface area (Å²) in [6.07, 6.45) is 0. The maximum Gasteiger partial charge on any atom is 0.335 e. The van der Waals surface area contributed by atoms with Crippen LogP contribution in [0.3, 0.4) is 0 Å². The number of nitrogens with zero attached hydrogens (tertiary/aromatic N) is 1. The van der Waals surface area contributed by atoms with Crippen molar-refractivity contribution in [2.24, 2.45) is 10.9 Å². The van der Waals surface area contributed by atoms with Gasteiger partial charge in [-0.2, -0.15) is 5.90 Å². The number of rotatable bonds is 4. The minimum absolute atomic E-state index is 0.0838. The molecule has 0 amide bonds. The van der Waals surface area contributed by atoms with E-state index in [4.69, 9.17) is 11.0 Å². The van der Waals surface area contributed by atoms with Crippen molar-refractivity contribution in [1.29, 1.82) is 0 Å². The lowest BCUT2D eigenvalue weighted by Gasteiger charge is -2.07. The van der Waals surface area contributed by atoms with E-state index in [9.17, 15) is 9.18 Å². The van der Waals surface area contributed by atoms with Crippen LogP contribution >= 0.6 is 0 Å². The van der Waals surface area contributed by atoms with Crippen molar-refractivity contribution in [3.63, 3.8) is 0 Å². The molecule has 2 rings (SSSR count). The number of carboxylic acids is 1. The maximum atomic E-state index is 13.7. The van der Waals surface area contributed by atoms with Crippen molar-refractivity contribution >= 4 is 17.6 Å². The van der Waals surface area contributed by atoms with Gasteiger partial charge in [0.05, 0.1) is 16.8 Å². The van der Waals surface area contributed by atoms with Gasteiger partial charge in [-0.25, -0.2) is 14.2 Å². The van der Waals surface area contributed by atoms with Crippen LogP contribution in [0.4, 0.5) is 4.39 Å². The van der Waals surface area contributed by atoms with E-state index in [1.165, 1.54) is 30.3 Å². The van der Waals surface area contributed by atoms with Gasteiger partial charge in [-0.1, -0.05) is 30.8 Å². The molecule has 0 spiro atoms. The van der Waals surface area contributed by atoms with Crippen LogP contribution in [0.2, 0.25) is 0 Å².